The van der Waals surface area contributed by atoms with Crippen molar-refractivity contribution >= 4 is 5.97 Å². The normalized spacial score (nSPS) is 13.4. The van der Waals surface area contributed by atoms with Gasteiger partial charge in [0.2, 0.25) is 0 Å². The molecule has 1 N–H and O–H groups in total. The van der Waals surface area contributed by atoms with Gasteiger partial charge >= 0.3 is 5.97 Å². The quantitative estimate of drug-likeness (QED) is 0.454. The fourth-order valence-corrected chi connectivity index (χ4v) is 1.68. The molecular weight excluding hydrogens is 228 g/mol. The standard InChI is InChI=1S/C15H24O3/c1-4-7-10-14(13(12-16)9-6-3)18-15(17)11-8-5-2/h4-6,13-14,16H,1-3,7-12H2. The molecule has 0 amide bonds. The summed E-state index contributed by atoms with van der Waals surface area (Å²) in [5.74, 6) is -0.332. The molecule has 3 heteroatoms. The largest absolute Gasteiger partial charge is 0.462 e. The Labute approximate surface area is 110 Å². The second kappa shape index (κ2) is 10.8. The molecule has 0 aliphatic carbocycles. The Morgan fingerprint density at radius 3 is 2.33 bits per heavy atom. The van der Waals surface area contributed by atoms with Crippen LogP contribution in [-0.4, -0.2) is 23.8 Å². The molecule has 0 saturated carbocycles. The molecule has 0 aromatic heterocycles. The first-order valence-electron chi connectivity index (χ1n) is 6.32. The van der Waals surface area contributed by atoms with Gasteiger partial charge in [0, 0.05) is 18.9 Å². The SMILES string of the molecule is C=CCCC(=O)OC(CCC=C)C(CO)CC=C. The molecule has 0 aromatic rings. The first kappa shape index (κ1) is 16.6. The minimum atomic E-state index is -0.275. The summed E-state index contributed by atoms with van der Waals surface area (Å²) in [6, 6.07) is 0. The maximum Gasteiger partial charge on any atom is 0.306 e. The van der Waals surface area contributed by atoms with Crippen LogP contribution in [0.2, 0.25) is 0 Å². The van der Waals surface area contributed by atoms with Crippen LogP contribution in [0.4, 0.5) is 0 Å². The predicted octanol–water partition coefficient (Wildman–Crippen LogP) is 3.02. The van der Waals surface area contributed by atoms with Crippen molar-refractivity contribution in [1.82, 2.24) is 0 Å². The average molecular weight is 252 g/mol. The summed E-state index contributed by atoms with van der Waals surface area (Å²) in [6.45, 7) is 10.9. The van der Waals surface area contributed by atoms with E-state index in [1.807, 2.05) is 0 Å². The van der Waals surface area contributed by atoms with Crippen LogP contribution in [0, 0.1) is 5.92 Å². The molecule has 18 heavy (non-hydrogen) atoms. The minimum Gasteiger partial charge on any atom is -0.462 e. The van der Waals surface area contributed by atoms with E-state index in [2.05, 4.69) is 19.7 Å². The fourth-order valence-electron chi connectivity index (χ4n) is 1.68. The number of hydrogen-bond acceptors (Lipinski definition) is 3. The summed E-state index contributed by atoms with van der Waals surface area (Å²) >= 11 is 0. The maximum absolute atomic E-state index is 11.6. The van der Waals surface area contributed by atoms with Gasteiger partial charge in [0.05, 0.1) is 0 Å². The number of carbonyl (C=O) groups is 1. The van der Waals surface area contributed by atoms with E-state index >= 15 is 0 Å². The second-order valence-electron chi connectivity index (χ2n) is 4.19. The summed E-state index contributed by atoms with van der Waals surface area (Å²) in [5, 5.41) is 9.33. The van der Waals surface area contributed by atoms with Crippen LogP contribution in [0.3, 0.4) is 0 Å². The van der Waals surface area contributed by atoms with Crippen LogP contribution in [0.1, 0.15) is 32.1 Å². The third-order valence-corrected chi connectivity index (χ3v) is 2.72. The number of aliphatic hydroxyl groups excluding tert-OH is 1. The van der Waals surface area contributed by atoms with E-state index in [0.717, 1.165) is 6.42 Å². The molecule has 0 spiro atoms. The van der Waals surface area contributed by atoms with Gasteiger partial charge in [-0.05, 0) is 25.7 Å². The van der Waals surface area contributed by atoms with Crippen molar-refractivity contribution in [1.29, 1.82) is 0 Å². The van der Waals surface area contributed by atoms with E-state index in [-0.39, 0.29) is 24.6 Å². The molecule has 0 heterocycles. The highest BCUT2D eigenvalue weighted by Crippen LogP contribution is 2.19. The summed E-state index contributed by atoms with van der Waals surface area (Å²) in [7, 11) is 0. The van der Waals surface area contributed by atoms with Gasteiger partial charge in [-0.25, -0.2) is 0 Å². The molecule has 0 bridgehead atoms. The molecule has 0 aliphatic rings. The Balaban J connectivity index is 4.43. The van der Waals surface area contributed by atoms with Crippen LogP contribution in [0.5, 0.6) is 0 Å². The minimum absolute atomic E-state index is 0.0113. The summed E-state index contributed by atoms with van der Waals surface area (Å²) < 4.78 is 5.42. The summed E-state index contributed by atoms with van der Waals surface area (Å²) in [6.07, 6.45) is 7.95. The van der Waals surface area contributed by atoms with Crippen LogP contribution in [0.25, 0.3) is 0 Å². The highest BCUT2D eigenvalue weighted by Gasteiger charge is 2.22. The molecule has 0 aliphatic heterocycles. The first-order chi connectivity index (χ1) is 8.69. The third-order valence-electron chi connectivity index (χ3n) is 2.72. The van der Waals surface area contributed by atoms with E-state index in [1.165, 1.54) is 0 Å². The number of carbonyl (C=O) groups excluding carboxylic acids is 1. The van der Waals surface area contributed by atoms with Gasteiger partial charge in [-0.3, -0.25) is 4.79 Å². The lowest BCUT2D eigenvalue weighted by molar-refractivity contribution is -0.152. The van der Waals surface area contributed by atoms with E-state index in [4.69, 9.17) is 4.74 Å². The Kier molecular flexibility index (Phi) is 9.97. The van der Waals surface area contributed by atoms with Gasteiger partial charge in [0.15, 0.2) is 0 Å². The molecule has 0 rings (SSSR count). The van der Waals surface area contributed by atoms with Crippen molar-refractivity contribution in [2.45, 2.75) is 38.2 Å². The lowest BCUT2D eigenvalue weighted by Gasteiger charge is -2.24. The number of ether oxygens (including phenoxy) is 1. The highest BCUT2D eigenvalue weighted by atomic mass is 16.5. The van der Waals surface area contributed by atoms with Gasteiger partial charge in [-0.15, -0.1) is 19.7 Å². The van der Waals surface area contributed by atoms with Gasteiger partial charge < -0.3 is 9.84 Å². The van der Waals surface area contributed by atoms with Gasteiger partial charge in [0.1, 0.15) is 6.10 Å². The molecule has 0 saturated heterocycles. The van der Waals surface area contributed by atoms with Crippen LogP contribution in [-0.2, 0) is 9.53 Å². The molecule has 102 valence electrons. The smallest absolute Gasteiger partial charge is 0.306 e. The number of aliphatic hydroxyl groups is 1. The van der Waals surface area contributed by atoms with Crippen molar-refractivity contribution in [3.8, 4) is 0 Å². The highest BCUT2D eigenvalue weighted by molar-refractivity contribution is 5.69. The first-order valence-corrected chi connectivity index (χ1v) is 6.32. The fraction of sp³-hybridized carbons (Fsp3) is 0.533. The number of allylic oxidation sites excluding steroid dienone is 3. The number of esters is 1. The number of hydrogen-bond donors (Lipinski definition) is 1. The van der Waals surface area contributed by atoms with E-state index in [0.29, 0.717) is 25.7 Å². The third kappa shape index (κ3) is 7.07. The molecule has 2 atom stereocenters. The van der Waals surface area contributed by atoms with Crippen LogP contribution < -0.4 is 0 Å². The molecule has 0 fully saturated rings. The Morgan fingerprint density at radius 2 is 1.83 bits per heavy atom. The predicted molar refractivity (Wildman–Crippen MR) is 74.1 cm³/mol. The van der Waals surface area contributed by atoms with Crippen LogP contribution >= 0.6 is 0 Å². The van der Waals surface area contributed by atoms with Crippen molar-refractivity contribution in [2.24, 2.45) is 5.92 Å². The van der Waals surface area contributed by atoms with Crippen LogP contribution in [0.15, 0.2) is 38.0 Å². The zero-order chi connectivity index (χ0) is 13.8. The summed E-state index contributed by atoms with van der Waals surface area (Å²) in [4.78, 5) is 11.6. The van der Waals surface area contributed by atoms with E-state index in [9.17, 15) is 9.90 Å². The Bertz CT molecular complexity index is 271. The van der Waals surface area contributed by atoms with Crippen molar-refractivity contribution < 1.29 is 14.6 Å². The number of rotatable bonds is 11. The summed E-state index contributed by atoms with van der Waals surface area (Å²) in [5.41, 5.74) is 0. The van der Waals surface area contributed by atoms with E-state index < -0.39 is 0 Å². The molecule has 2 unspecified atom stereocenters. The van der Waals surface area contributed by atoms with Crippen molar-refractivity contribution in [3.05, 3.63) is 38.0 Å². The zero-order valence-electron chi connectivity index (χ0n) is 11.0. The van der Waals surface area contributed by atoms with E-state index in [1.54, 1.807) is 18.2 Å². The Hall–Kier alpha value is -1.35. The molecule has 3 nitrogen and oxygen atoms in total. The van der Waals surface area contributed by atoms with Crippen molar-refractivity contribution in [2.75, 3.05) is 6.61 Å². The topological polar surface area (TPSA) is 46.5 Å². The average Bonchev–Trinajstić information content (AvgIpc) is 2.38. The zero-order valence-corrected chi connectivity index (χ0v) is 11.0. The molecular formula is C15H24O3. The monoisotopic (exact) mass is 252 g/mol. The van der Waals surface area contributed by atoms with Crippen molar-refractivity contribution in [3.63, 3.8) is 0 Å². The molecule has 0 radical (unpaired) electrons. The van der Waals surface area contributed by atoms with Gasteiger partial charge in [0.25, 0.3) is 0 Å². The Morgan fingerprint density at radius 1 is 1.17 bits per heavy atom. The lowest BCUT2D eigenvalue weighted by atomic mass is 9.95. The maximum atomic E-state index is 11.6. The molecule has 0 aromatic carbocycles. The van der Waals surface area contributed by atoms with Gasteiger partial charge in [-0.2, -0.15) is 0 Å². The second-order valence-corrected chi connectivity index (χ2v) is 4.19. The lowest BCUT2D eigenvalue weighted by Crippen LogP contribution is -2.29. The van der Waals surface area contributed by atoms with Gasteiger partial charge in [-0.1, -0.05) is 18.2 Å².